The molecule has 1 rings (SSSR count). The summed E-state index contributed by atoms with van der Waals surface area (Å²) in [7, 11) is 0. The summed E-state index contributed by atoms with van der Waals surface area (Å²) in [5.41, 5.74) is 0. The number of unbranched alkanes of at least 4 members (excludes halogenated alkanes) is 2. The molecule has 106 valence electrons. The van der Waals surface area contributed by atoms with E-state index in [2.05, 4.69) is 19.2 Å². The first-order valence-corrected chi connectivity index (χ1v) is 7.75. The Kier molecular flexibility index (Phi) is 8.06. The number of carbonyl (C=O) groups excluding carboxylic acids is 1. The number of nitrogens with zero attached hydrogens (tertiary/aromatic N) is 1. The SMILES string of the molecule is CCCCCC(C)NCC(=O)N1CCCCCC1. The van der Waals surface area contributed by atoms with Gasteiger partial charge in [0.15, 0.2) is 0 Å². The van der Waals surface area contributed by atoms with Crippen LogP contribution in [0.5, 0.6) is 0 Å². The Labute approximate surface area is 112 Å². The van der Waals surface area contributed by atoms with Crippen LogP contribution < -0.4 is 5.32 Å². The number of hydrogen-bond donors (Lipinski definition) is 1. The summed E-state index contributed by atoms with van der Waals surface area (Å²) in [5, 5.41) is 3.37. The summed E-state index contributed by atoms with van der Waals surface area (Å²) >= 11 is 0. The average Bonchev–Trinajstić information content (AvgIpc) is 2.65. The molecule has 18 heavy (non-hydrogen) atoms. The second kappa shape index (κ2) is 9.37. The van der Waals surface area contributed by atoms with Crippen molar-refractivity contribution in [2.45, 2.75) is 71.3 Å². The lowest BCUT2D eigenvalue weighted by Gasteiger charge is -2.22. The molecule has 1 aliphatic heterocycles. The van der Waals surface area contributed by atoms with Gasteiger partial charge in [0.25, 0.3) is 0 Å². The number of carbonyl (C=O) groups is 1. The minimum Gasteiger partial charge on any atom is -0.342 e. The molecule has 1 atom stereocenters. The smallest absolute Gasteiger partial charge is 0.236 e. The molecule has 0 aromatic rings. The highest BCUT2D eigenvalue weighted by atomic mass is 16.2. The number of likely N-dealkylation sites (tertiary alicyclic amines) is 1. The lowest BCUT2D eigenvalue weighted by atomic mass is 10.1. The minimum absolute atomic E-state index is 0.291. The molecule has 1 fully saturated rings. The topological polar surface area (TPSA) is 32.3 Å². The van der Waals surface area contributed by atoms with E-state index in [0.29, 0.717) is 18.5 Å². The summed E-state index contributed by atoms with van der Waals surface area (Å²) < 4.78 is 0. The van der Waals surface area contributed by atoms with E-state index in [4.69, 9.17) is 0 Å². The fraction of sp³-hybridized carbons (Fsp3) is 0.933. The molecule has 1 N–H and O–H groups in total. The first-order chi connectivity index (χ1) is 8.74. The van der Waals surface area contributed by atoms with E-state index in [-0.39, 0.29) is 0 Å². The zero-order valence-corrected chi connectivity index (χ0v) is 12.2. The molecular weight excluding hydrogens is 224 g/mol. The van der Waals surface area contributed by atoms with Crippen molar-refractivity contribution in [1.82, 2.24) is 10.2 Å². The monoisotopic (exact) mass is 254 g/mol. The van der Waals surface area contributed by atoms with Crippen LogP contribution in [0, 0.1) is 0 Å². The van der Waals surface area contributed by atoms with Crippen molar-refractivity contribution in [1.29, 1.82) is 0 Å². The second-order valence-corrected chi connectivity index (χ2v) is 5.57. The molecule has 1 saturated heterocycles. The Hall–Kier alpha value is -0.570. The van der Waals surface area contributed by atoms with Crippen LogP contribution in [0.4, 0.5) is 0 Å². The molecule has 1 amide bonds. The van der Waals surface area contributed by atoms with Crippen molar-refractivity contribution in [3.63, 3.8) is 0 Å². The molecule has 1 heterocycles. The predicted molar refractivity (Wildman–Crippen MR) is 76.7 cm³/mol. The summed E-state index contributed by atoms with van der Waals surface area (Å²) in [4.78, 5) is 14.1. The maximum Gasteiger partial charge on any atom is 0.236 e. The minimum atomic E-state index is 0.291. The standard InChI is InChI=1S/C15H30N2O/c1-3-4-7-10-14(2)16-13-15(18)17-11-8-5-6-9-12-17/h14,16H,3-13H2,1-2H3. The van der Waals surface area contributed by atoms with Crippen LogP contribution in [0.2, 0.25) is 0 Å². The van der Waals surface area contributed by atoms with E-state index < -0.39 is 0 Å². The van der Waals surface area contributed by atoms with E-state index in [1.54, 1.807) is 0 Å². The Morgan fingerprint density at radius 2 is 1.83 bits per heavy atom. The maximum absolute atomic E-state index is 12.0. The highest BCUT2D eigenvalue weighted by Crippen LogP contribution is 2.09. The van der Waals surface area contributed by atoms with Gasteiger partial charge in [0.2, 0.25) is 5.91 Å². The summed E-state index contributed by atoms with van der Waals surface area (Å²) in [6.45, 7) is 6.86. The van der Waals surface area contributed by atoms with E-state index >= 15 is 0 Å². The van der Waals surface area contributed by atoms with Gasteiger partial charge in [-0.2, -0.15) is 0 Å². The molecule has 0 saturated carbocycles. The molecule has 1 unspecified atom stereocenters. The summed E-state index contributed by atoms with van der Waals surface area (Å²) in [6.07, 6.45) is 9.93. The first kappa shape index (κ1) is 15.5. The van der Waals surface area contributed by atoms with Crippen molar-refractivity contribution < 1.29 is 4.79 Å². The van der Waals surface area contributed by atoms with Gasteiger partial charge in [0.1, 0.15) is 0 Å². The van der Waals surface area contributed by atoms with Gasteiger partial charge >= 0.3 is 0 Å². The van der Waals surface area contributed by atoms with Gasteiger partial charge in [-0.15, -0.1) is 0 Å². The Balaban J connectivity index is 2.14. The van der Waals surface area contributed by atoms with Crippen molar-refractivity contribution in [3.05, 3.63) is 0 Å². The molecule has 0 aromatic carbocycles. The number of rotatable bonds is 7. The Bertz CT molecular complexity index is 223. The lowest BCUT2D eigenvalue weighted by Crippen LogP contribution is -2.41. The Morgan fingerprint density at radius 1 is 1.17 bits per heavy atom. The van der Waals surface area contributed by atoms with Crippen molar-refractivity contribution in [2.24, 2.45) is 0 Å². The van der Waals surface area contributed by atoms with Crippen LogP contribution in [0.3, 0.4) is 0 Å². The predicted octanol–water partition coefficient (Wildman–Crippen LogP) is 2.95. The number of nitrogens with one attached hydrogen (secondary N) is 1. The van der Waals surface area contributed by atoms with Gasteiger partial charge in [-0.25, -0.2) is 0 Å². The van der Waals surface area contributed by atoms with E-state index in [1.807, 2.05) is 4.90 Å². The quantitative estimate of drug-likeness (QED) is 0.708. The second-order valence-electron chi connectivity index (χ2n) is 5.57. The molecule has 0 bridgehead atoms. The number of amides is 1. The third-order valence-electron chi connectivity index (χ3n) is 3.80. The van der Waals surface area contributed by atoms with Gasteiger partial charge in [-0.05, 0) is 26.2 Å². The molecular formula is C15H30N2O. The van der Waals surface area contributed by atoms with Crippen LogP contribution in [-0.2, 0) is 4.79 Å². The molecule has 3 heteroatoms. The van der Waals surface area contributed by atoms with Crippen LogP contribution in [-0.4, -0.2) is 36.5 Å². The highest BCUT2D eigenvalue weighted by molar-refractivity contribution is 5.78. The van der Waals surface area contributed by atoms with E-state index in [9.17, 15) is 4.79 Å². The lowest BCUT2D eigenvalue weighted by molar-refractivity contribution is -0.130. The third-order valence-corrected chi connectivity index (χ3v) is 3.80. The van der Waals surface area contributed by atoms with Gasteiger partial charge in [0.05, 0.1) is 6.54 Å². The largest absolute Gasteiger partial charge is 0.342 e. The zero-order valence-electron chi connectivity index (χ0n) is 12.2. The van der Waals surface area contributed by atoms with Crippen LogP contribution in [0.1, 0.15) is 65.2 Å². The van der Waals surface area contributed by atoms with Gasteiger partial charge in [0, 0.05) is 19.1 Å². The molecule has 0 radical (unpaired) electrons. The van der Waals surface area contributed by atoms with Crippen molar-refractivity contribution >= 4 is 5.91 Å². The average molecular weight is 254 g/mol. The zero-order chi connectivity index (χ0) is 13.2. The molecule has 0 aliphatic carbocycles. The van der Waals surface area contributed by atoms with Crippen molar-refractivity contribution in [2.75, 3.05) is 19.6 Å². The van der Waals surface area contributed by atoms with E-state index in [0.717, 1.165) is 13.1 Å². The third kappa shape index (κ3) is 6.39. The van der Waals surface area contributed by atoms with Gasteiger partial charge in [-0.3, -0.25) is 4.79 Å². The van der Waals surface area contributed by atoms with Gasteiger partial charge < -0.3 is 10.2 Å². The molecule has 3 nitrogen and oxygen atoms in total. The Morgan fingerprint density at radius 3 is 2.44 bits per heavy atom. The van der Waals surface area contributed by atoms with Crippen LogP contribution in [0.15, 0.2) is 0 Å². The maximum atomic E-state index is 12.0. The first-order valence-electron chi connectivity index (χ1n) is 7.75. The fourth-order valence-electron chi connectivity index (χ4n) is 2.50. The molecule has 1 aliphatic rings. The normalized spacial score (nSPS) is 18.4. The van der Waals surface area contributed by atoms with Gasteiger partial charge in [-0.1, -0.05) is 39.0 Å². The molecule has 0 spiro atoms. The highest BCUT2D eigenvalue weighted by Gasteiger charge is 2.15. The van der Waals surface area contributed by atoms with E-state index in [1.165, 1.54) is 51.4 Å². The summed E-state index contributed by atoms with van der Waals surface area (Å²) in [6, 6.07) is 0.465. The van der Waals surface area contributed by atoms with Crippen LogP contribution in [0.25, 0.3) is 0 Å². The fourth-order valence-corrected chi connectivity index (χ4v) is 2.50. The van der Waals surface area contributed by atoms with Crippen LogP contribution >= 0.6 is 0 Å². The molecule has 0 aromatic heterocycles. The van der Waals surface area contributed by atoms with Crippen molar-refractivity contribution in [3.8, 4) is 0 Å². The summed E-state index contributed by atoms with van der Waals surface area (Å²) in [5.74, 6) is 0.291. The number of hydrogen-bond acceptors (Lipinski definition) is 2.